The van der Waals surface area contributed by atoms with Crippen LogP contribution in [0, 0.1) is 0 Å². The third-order valence-corrected chi connectivity index (χ3v) is 8.23. The van der Waals surface area contributed by atoms with E-state index >= 15 is 0 Å². The first kappa shape index (κ1) is 27.7. The Labute approximate surface area is 225 Å². The van der Waals surface area contributed by atoms with E-state index in [2.05, 4.69) is 21.2 Å². The summed E-state index contributed by atoms with van der Waals surface area (Å²) in [7, 11) is -4.09. The lowest BCUT2D eigenvalue weighted by Crippen LogP contribution is -2.51. The molecule has 0 saturated carbocycles. The zero-order valence-corrected chi connectivity index (χ0v) is 23.1. The minimum Gasteiger partial charge on any atom is -0.355 e. The largest absolute Gasteiger partial charge is 0.355 e. The summed E-state index contributed by atoms with van der Waals surface area (Å²) in [5.41, 5.74) is 0.962. The molecule has 10 heteroatoms. The van der Waals surface area contributed by atoms with Crippen LogP contribution in [-0.2, 0) is 26.2 Å². The second-order valence-corrected chi connectivity index (χ2v) is 11.2. The van der Waals surface area contributed by atoms with E-state index in [1.165, 1.54) is 17.0 Å². The molecule has 0 aliphatic rings. The Morgan fingerprint density at radius 3 is 2.19 bits per heavy atom. The maximum Gasteiger partial charge on any atom is 0.264 e. The third-order valence-electron chi connectivity index (χ3n) is 5.54. The zero-order valence-electron chi connectivity index (χ0n) is 19.9. The molecular weight excluding hydrogens is 566 g/mol. The van der Waals surface area contributed by atoms with E-state index in [0.29, 0.717) is 22.8 Å². The van der Waals surface area contributed by atoms with Crippen LogP contribution in [0.15, 0.2) is 88.2 Å². The smallest absolute Gasteiger partial charge is 0.264 e. The van der Waals surface area contributed by atoms with Crippen molar-refractivity contribution < 1.29 is 18.0 Å². The Hall–Kier alpha value is -2.88. The van der Waals surface area contributed by atoms with Gasteiger partial charge in [-0.15, -0.1) is 0 Å². The number of likely N-dealkylation sites (N-methyl/N-ethyl adjacent to an activating group) is 1. The van der Waals surface area contributed by atoms with Gasteiger partial charge in [0.15, 0.2) is 0 Å². The summed E-state index contributed by atoms with van der Waals surface area (Å²) < 4.78 is 29.1. The topological polar surface area (TPSA) is 86.8 Å². The highest BCUT2D eigenvalue weighted by molar-refractivity contribution is 9.10. The molecule has 0 bridgehead atoms. The molecule has 0 heterocycles. The number of benzene rings is 3. The lowest BCUT2D eigenvalue weighted by Gasteiger charge is -2.32. The van der Waals surface area contributed by atoms with Gasteiger partial charge in [-0.3, -0.25) is 13.9 Å². The highest BCUT2D eigenvalue weighted by Crippen LogP contribution is 2.26. The van der Waals surface area contributed by atoms with E-state index in [1.807, 2.05) is 0 Å². The van der Waals surface area contributed by atoms with Crippen LogP contribution in [0.25, 0.3) is 0 Å². The lowest BCUT2D eigenvalue weighted by molar-refractivity contribution is -0.139. The minimum atomic E-state index is -4.09. The molecule has 190 valence electrons. The molecule has 36 heavy (non-hydrogen) atoms. The van der Waals surface area contributed by atoms with E-state index in [-0.39, 0.29) is 17.3 Å². The van der Waals surface area contributed by atoms with Crippen molar-refractivity contribution in [3.8, 4) is 0 Å². The van der Waals surface area contributed by atoms with E-state index in [4.69, 9.17) is 11.6 Å². The highest BCUT2D eigenvalue weighted by atomic mass is 79.9. The molecule has 7 nitrogen and oxygen atoms in total. The van der Waals surface area contributed by atoms with Gasteiger partial charge >= 0.3 is 0 Å². The van der Waals surface area contributed by atoms with Crippen LogP contribution >= 0.6 is 27.5 Å². The fourth-order valence-corrected chi connectivity index (χ4v) is 5.47. The Balaban J connectivity index is 2.02. The van der Waals surface area contributed by atoms with Gasteiger partial charge in [-0.1, -0.05) is 63.9 Å². The van der Waals surface area contributed by atoms with Crippen molar-refractivity contribution in [2.75, 3.05) is 17.4 Å². The summed E-state index contributed by atoms with van der Waals surface area (Å²) in [6.45, 7) is 3.32. The molecule has 3 rings (SSSR count). The summed E-state index contributed by atoms with van der Waals surface area (Å²) in [5.74, 6) is -0.893. The molecule has 2 amide bonds. The molecule has 0 aliphatic carbocycles. The molecule has 0 fully saturated rings. The number of sulfonamides is 1. The van der Waals surface area contributed by atoms with Crippen LogP contribution in [0.4, 0.5) is 5.69 Å². The first-order valence-corrected chi connectivity index (χ1v) is 13.9. The van der Waals surface area contributed by atoms with Crippen LogP contribution in [-0.4, -0.2) is 44.3 Å². The molecule has 1 atom stereocenters. The number of amides is 2. The van der Waals surface area contributed by atoms with E-state index in [9.17, 15) is 18.0 Å². The number of carbonyl (C=O) groups is 2. The van der Waals surface area contributed by atoms with Crippen molar-refractivity contribution in [1.29, 1.82) is 0 Å². The van der Waals surface area contributed by atoms with Gasteiger partial charge in [0.25, 0.3) is 10.0 Å². The van der Waals surface area contributed by atoms with Crippen LogP contribution in [0.3, 0.4) is 0 Å². The lowest BCUT2D eigenvalue weighted by atomic mass is 10.1. The predicted octanol–water partition coefficient (Wildman–Crippen LogP) is 4.85. The van der Waals surface area contributed by atoms with Gasteiger partial charge in [0.05, 0.1) is 10.6 Å². The molecule has 0 aromatic heterocycles. The number of carbonyl (C=O) groups excluding carboxylic acids is 2. The SMILES string of the molecule is CCNC(=O)[C@@H](C)N(Cc1ccccc1Cl)C(=O)CN(c1ccc(Br)cc1)S(=O)(=O)c1ccccc1. The fraction of sp³-hybridized carbons (Fsp3) is 0.231. The number of halogens is 2. The molecule has 1 N–H and O–H groups in total. The average Bonchev–Trinajstić information content (AvgIpc) is 2.87. The fourth-order valence-electron chi connectivity index (χ4n) is 3.57. The Bertz CT molecular complexity index is 1300. The van der Waals surface area contributed by atoms with Crippen molar-refractivity contribution in [2.24, 2.45) is 0 Å². The average molecular weight is 593 g/mol. The molecule has 0 unspecified atom stereocenters. The Morgan fingerprint density at radius 2 is 1.58 bits per heavy atom. The standard InChI is InChI=1S/C26H27BrClN3O4S/c1-3-29-26(33)19(2)30(17-20-9-7-8-12-24(20)28)25(32)18-31(22-15-13-21(27)14-16-22)36(34,35)23-10-5-4-6-11-23/h4-16,19H,3,17-18H2,1-2H3,(H,29,33)/t19-/m1/s1. The zero-order chi connectivity index (χ0) is 26.3. The number of nitrogens with one attached hydrogen (secondary N) is 1. The third kappa shape index (κ3) is 6.66. The predicted molar refractivity (Wildman–Crippen MR) is 145 cm³/mol. The highest BCUT2D eigenvalue weighted by Gasteiger charge is 2.32. The maximum atomic E-state index is 13.7. The number of anilines is 1. The van der Waals surface area contributed by atoms with Gasteiger partial charge in [0.1, 0.15) is 12.6 Å². The molecular formula is C26H27BrClN3O4S. The van der Waals surface area contributed by atoms with Gasteiger partial charge < -0.3 is 10.2 Å². The molecule has 3 aromatic carbocycles. The normalized spacial score (nSPS) is 12.0. The number of rotatable bonds is 10. The van der Waals surface area contributed by atoms with Gasteiger partial charge in [0.2, 0.25) is 11.8 Å². The van der Waals surface area contributed by atoms with Crippen molar-refractivity contribution in [2.45, 2.75) is 31.3 Å². The van der Waals surface area contributed by atoms with Crippen molar-refractivity contribution >= 4 is 55.1 Å². The summed E-state index contributed by atoms with van der Waals surface area (Å²) in [5, 5.41) is 3.17. The quantitative estimate of drug-likeness (QED) is 0.365. The molecule has 3 aromatic rings. The van der Waals surface area contributed by atoms with Crippen LogP contribution in [0.2, 0.25) is 5.02 Å². The van der Waals surface area contributed by atoms with Crippen molar-refractivity contribution in [3.05, 3.63) is 93.9 Å². The molecule has 0 spiro atoms. The van der Waals surface area contributed by atoms with Crippen LogP contribution in [0.1, 0.15) is 19.4 Å². The summed E-state index contributed by atoms with van der Waals surface area (Å²) in [6, 6.07) is 20.7. The molecule has 0 saturated heterocycles. The van der Waals surface area contributed by atoms with Gasteiger partial charge in [0, 0.05) is 22.6 Å². The second-order valence-electron chi connectivity index (χ2n) is 7.98. The summed E-state index contributed by atoms with van der Waals surface area (Å²) >= 11 is 9.70. The van der Waals surface area contributed by atoms with Gasteiger partial charge in [-0.25, -0.2) is 8.42 Å². The van der Waals surface area contributed by atoms with Gasteiger partial charge in [-0.05, 0) is 61.9 Å². The van der Waals surface area contributed by atoms with E-state index in [1.54, 1.807) is 80.6 Å². The number of nitrogens with zero attached hydrogens (tertiary/aromatic N) is 2. The maximum absolute atomic E-state index is 13.7. The van der Waals surface area contributed by atoms with E-state index in [0.717, 1.165) is 8.78 Å². The van der Waals surface area contributed by atoms with Crippen LogP contribution in [0.5, 0.6) is 0 Å². The van der Waals surface area contributed by atoms with Crippen LogP contribution < -0.4 is 9.62 Å². The first-order chi connectivity index (χ1) is 17.1. The number of hydrogen-bond donors (Lipinski definition) is 1. The monoisotopic (exact) mass is 591 g/mol. The van der Waals surface area contributed by atoms with E-state index < -0.39 is 28.5 Å². The van der Waals surface area contributed by atoms with Crippen molar-refractivity contribution in [1.82, 2.24) is 10.2 Å². The Kier molecular flexibility index (Phi) is 9.53. The van der Waals surface area contributed by atoms with Crippen molar-refractivity contribution in [3.63, 3.8) is 0 Å². The molecule has 0 aliphatic heterocycles. The second kappa shape index (κ2) is 12.4. The summed E-state index contributed by atoms with van der Waals surface area (Å²) in [4.78, 5) is 27.8. The first-order valence-electron chi connectivity index (χ1n) is 11.3. The summed E-state index contributed by atoms with van der Waals surface area (Å²) in [6.07, 6.45) is 0. The minimum absolute atomic E-state index is 0.0381. The Morgan fingerprint density at radius 1 is 0.972 bits per heavy atom. The van der Waals surface area contributed by atoms with Gasteiger partial charge in [-0.2, -0.15) is 0 Å². The molecule has 0 radical (unpaired) electrons. The number of hydrogen-bond acceptors (Lipinski definition) is 4.